The molecule has 0 amide bonds. The van der Waals surface area contributed by atoms with Crippen LogP contribution in [0.1, 0.15) is 29.6 Å². The largest absolute Gasteiger partial charge is 0.475 e. The van der Waals surface area contributed by atoms with Crippen LogP contribution < -0.4 is 0 Å². The maximum absolute atomic E-state index is 11.7. The quantitative estimate of drug-likeness (QED) is 0.676. The summed E-state index contributed by atoms with van der Waals surface area (Å²) in [5.41, 5.74) is 1.24. The highest BCUT2D eigenvalue weighted by molar-refractivity contribution is 6.42. The lowest BCUT2D eigenvalue weighted by molar-refractivity contribution is -0.131. The van der Waals surface area contributed by atoms with E-state index in [0.717, 1.165) is 17.4 Å². The Bertz CT molecular complexity index is 652. The predicted molar refractivity (Wildman–Crippen MR) is 71.2 cm³/mol. The lowest BCUT2D eigenvalue weighted by atomic mass is 9.85. The number of benzene rings is 1. The van der Waals surface area contributed by atoms with Crippen LogP contribution in [0.2, 0.25) is 0 Å². The first-order chi connectivity index (χ1) is 9.16. The van der Waals surface area contributed by atoms with Crippen molar-refractivity contribution < 1.29 is 14.7 Å². The van der Waals surface area contributed by atoms with Crippen LogP contribution in [0.15, 0.2) is 30.5 Å². The van der Waals surface area contributed by atoms with E-state index in [1.807, 2.05) is 28.8 Å². The normalized spacial score (nSPS) is 15.4. The van der Waals surface area contributed by atoms with Crippen LogP contribution in [-0.4, -0.2) is 21.4 Å². The number of Topliss-reactive ketones (excluding diaryl/α,β-unsaturated/α-hetero) is 1. The topological polar surface area (TPSA) is 59.3 Å². The first-order valence-electron chi connectivity index (χ1n) is 6.52. The number of carbonyl (C=O) groups is 2. The molecule has 2 aromatic rings. The van der Waals surface area contributed by atoms with Crippen molar-refractivity contribution >= 4 is 22.7 Å². The smallest absolute Gasteiger partial charge is 0.377 e. The summed E-state index contributed by atoms with van der Waals surface area (Å²) < 4.78 is 2.02. The fourth-order valence-electron chi connectivity index (χ4n) is 2.65. The lowest BCUT2D eigenvalue weighted by Crippen LogP contribution is -2.17. The van der Waals surface area contributed by atoms with Crippen molar-refractivity contribution in [2.24, 2.45) is 5.92 Å². The summed E-state index contributed by atoms with van der Waals surface area (Å²) in [5.74, 6) is -1.57. The molecule has 1 aromatic carbocycles. The van der Waals surface area contributed by atoms with Crippen molar-refractivity contribution in [1.82, 2.24) is 4.57 Å². The minimum atomic E-state index is -1.40. The Hall–Kier alpha value is -2.10. The third-order valence-electron chi connectivity index (χ3n) is 3.91. The molecule has 4 heteroatoms. The molecule has 1 aromatic heterocycles. The Balaban J connectivity index is 2.07. The predicted octanol–water partition coefficient (Wildman–Crippen LogP) is 2.71. The summed E-state index contributed by atoms with van der Waals surface area (Å²) in [6, 6.07) is 7.48. The van der Waals surface area contributed by atoms with Gasteiger partial charge in [0.2, 0.25) is 0 Å². The van der Waals surface area contributed by atoms with Crippen LogP contribution in [0.25, 0.3) is 10.9 Å². The Kier molecular flexibility index (Phi) is 2.85. The van der Waals surface area contributed by atoms with E-state index in [2.05, 4.69) is 0 Å². The average Bonchev–Trinajstić information content (AvgIpc) is 2.72. The molecule has 1 N–H and O–H groups in total. The zero-order chi connectivity index (χ0) is 13.4. The summed E-state index contributed by atoms with van der Waals surface area (Å²) in [7, 11) is 0. The van der Waals surface area contributed by atoms with E-state index in [9.17, 15) is 9.59 Å². The van der Waals surface area contributed by atoms with Crippen LogP contribution in [0, 0.1) is 5.92 Å². The van der Waals surface area contributed by atoms with E-state index in [1.165, 1.54) is 19.3 Å². The number of carbonyl (C=O) groups excluding carboxylic acids is 1. The fraction of sp³-hybridized carbons (Fsp3) is 0.333. The Morgan fingerprint density at radius 1 is 1.26 bits per heavy atom. The summed E-state index contributed by atoms with van der Waals surface area (Å²) in [5, 5.41) is 9.62. The molecule has 0 unspecified atom stereocenters. The molecule has 0 atom stereocenters. The van der Waals surface area contributed by atoms with E-state index in [-0.39, 0.29) is 0 Å². The van der Waals surface area contributed by atoms with Gasteiger partial charge in [-0.25, -0.2) is 4.79 Å². The van der Waals surface area contributed by atoms with Gasteiger partial charge in [-0.05, 0) is 24.8 Å². The Morgan fingerprint density at radius 3 is 2.63 bits per heavy atom. The number of nitrogens with zero attached hydrogens (tertiary/aromatic N) is 1. The minimum absolute atomic E-state index is 0.294. The lowest BCUT2D eigenvalue weighted by Gasteiger charge is -2.26. The number of hydrogen-bond acceptors (Lipinski definition) is 2. The van der Waals surface area contributed by atoms with Crippen molar-refractivity contribution in [3.63, 3.8) is 0 Å². The number of para-hydroxylation sites is 1. The molecule has 1 heterocycles. The summed E-state index contributed by atoms with van der Waals surface area (Å²) in [4.78, 5) is 22.6. The van der Waals surface area contributed by atoms with Gasteiger partial charge >= 0.3 is 5.97 Å². The number of carboxylic acid groups (broad SMARTS) is 1. The van der Waals surface area contributed by atoms with Crippen LogP contribution in [0.3, 0.4) is 0 Å². The molecule has 19 heavy (non-hydrogen) atoms. The van der Waals surface area contributed by atoms with Crippen molar-refractivity contribution in [3.05, 3.63) is 36.0 Å². The Morgan fingerprint density at radius 2 is 2.00 bits per heavy atom. The summed E-state index contributed by atoms with van der Waals surface area (Å²) in [6.45, 7) is 0.868. The minimum Gasteiger partial charge on any atom is -0.475 e. The van der Waals surface area contributed by atoms with E-state index in [1.54, 1.807) is 6.20 Å². The number of ketones is 1. The van der Waals surface area contributed by atoms with Crippen molar-refractivity contribution in [3.8, 4) is 0 Å². The zero-order valence-electron chi connectivity index (χ0n) is 10.5. The summed E-state index contributed by atoms with van der Waals surface area (Å²) >= 11 is 0. The van der Waals surface area contributed by atoms with Gasteiger partial charge in [0.15, 0.2) is 0 Å². The first-order valence-corrected chi connectivity index (χ1v) is 6.52. The standard InChI is InChI=1S/C15H15NO3/c17-14(15(18)19)12-9-16(8-10-4-3-5-10)13-7-2-1-6-11(12)13/h1-2,6-7,9-10H,3-5,8H2,(H,18,19). The number of aliphatic carboxylic acids is 1. The van der Waals surface area contributed by atoms with Crippen LogP contribution in [0.4, 0.5) is 0 Å². The van der Waals surface area contributed by atoms with Gasteiger partial charge in [0.05, 0.1) is 5.56 Å². The number of rotatable bonds is 4. The van der Waals surface area contributed by atoms with Gasteiger partial charge in [-0.2, -0.15) is 0 Å². The van der Waals surface area contributed by atoms with Gasteiger partial charge in [-0.3, -0.25) is 4.79 Å². The summed E-state index contributed by atoms with van der Waals surface area (Å²) in [6.07, 6.45) is 5.40. The molecule has 0 bridgehead atoms. The molecule has 1 fully saturated rings. The second-order valence-corrected chi connectivity index (χ2v) is 5.14. The average molecular weight is 257 g/mol. The molecular formula is C15H15NO3. The number of aromatic nitrogens is 1. The maximum Gasteiger partial charge on any atom is 0.377 e. The molecule has 1 saturated carbocycles. The zero-order valence-corrected chi connectivity index (χ0v) is 10.5. The number of fused-ring (bicyclic) bond motifs is 1. The van der Waals surface area contributed by atoms with E-state index >= 15 is 0 Å². The SMILES string of the molecule is O=C(O)C(=O)c1cn(CC2CCC2)c2ccccc12. The highest BCUT2D eigenvalue weighted by Crippen LogP contribution is 2.30. The van der Waals surface area contributed by atoms with Crippen molar-refractivity contribution in [1.29, 1.82) is 0 Å². The van der Waals surface area contributed by atoms with Crippen molar-refractivity contribution in [2.45, 2.75) is 25.8 Å². The van der Waals surface area contributed by atoms with Gasteiger partial charge < -0.3 is 9.67 Å². The van der Waals surface area contributed by atoms with Crippen molar-refractivity contribution in [2.75, 3.05) is 0 Å². The first kappa shape index (κ1) is 12.0. The van der Waals surface area contributed by atoms with Gasteiger partial charge in [0.1, 0.15) is 0 Å². The van der Waals surface area contributed by atoms with Gasteiger partial charge in [-0.1, -0.05) is 24.6 Å². The monoisotopic (exact) mass is 257 g/mol. The third-order valence-corrected chi connectivity index (χ3v) is 3.91. The molecule has 0 spiro atoms. The van der Waals surface area contributed by atoms with Crippen LogP contribution in [0.5, 0.6) is 0 Å². The van der Waals surface area contributed by atoms with Crippen LogP contribution in [-0.2, 0) is 11.3 Å². The molecule has 0 saturated heterocycles. The number of carboxylic acids is 1. The highest BCUT2D eigenvalue weighted by Gasteiger charge is 2.23. The van der Waals surface area contributed by atoms with E-state index in [0.29, 0.717) is 11.5 Å². The van der Waals surface area contributed by atoms with Gasteiger partial charge in [0, 0.05) is 23.6 Å². The Labute approximate surface area is 110 Å². The number of hydrogen-bond donors (Lipinski definition) is 1. The van der Waals surface area contributed by atoms with E-state index < -0.39 is 11.8 Å². The molecular weight excluding hydrogens is 242 g/mol. The van der Waals surface area contributed by atoms with E-state index in [4.69, 9.17) is 5.11 Å². The maximum atomic E-state index is 11.7. The molecule has 98 valence electrons. The molecule has 4 nitrogen and oxygen atoms in total. The molecule has 0 aliphatic heterocycles. The van der Waals surface area contributed by atoms with Gasteiger partial charge in [0.25, 0.3) is 5.78 Å². The molecule has 1 aliphatic carbocycles. The molecule has 1 aliphatic rings. The van der Waals surface area contributed by atoms with Gasteiger partial charge in [-0.15, -0.1) is 0 Å². The highest BCUT2D eigenvalue weighted by atomic mass is 16.4. The van der Waals surface area contributed by atoms with Crippen LogP contribution >= 0.6 is 0 Å². The fourth-order valence-corrected chi connectivity index (χ4v) is 2.65. The molecule has 0 radical (unpaired) electrons. The molecule has 3 rings (SSSR count). The third kappa shape index (κ3) is 2.03. The second-order valence-electron chi connectivity index (χ2n) is 5.14. The second kappa shape index (κ2) is 4.53.